The Kier molecular flexibility index (Phi) is 3.70. The SMILES string of the molecule is CNC(C)(C#N)COc1cccc(C)c1. The number of hydrogen-bond acceptors (Lipinski definition) is 3. The molecule has 0 aliphatic carbocycles. The van der Waals surface area contributed by atoms with Crippen LogP contribution in [0.3, 0.4) is 0 Å². The van der Waals surface area contributed by atoms with E-state index in [1.165, 1.54) is 0 Å². The predicted molar refractivity (Wildman–Crippen MR) is 59.8 cm³/mol. The second kappa shape index (κ2) is 4.81. The summed E-state index contributed by atoms with van der Waals surface area (Å²) in [4.78, 5) is 0. The summed E-state index contributed by atoms with van der Waals surface area (Å²) < 4.78 is 5.55. The molecule has 1 aromatic carbocycles. The van der Waals surface area contributed by atoms with Gasteiger partial charge in [-0.15, -0.1) is 0 Å². The first-order valence-corrected chi connectivity index (χ1v) is 4.89. The number of benzene rings is 1. The van der Waals surface area contributed by atoms with Gasteiger partial charge >= 0.3 is 0 Å². The van der Waals surface area contributed by atoms with Crippen molar-refractivity contribution >= 4 is 0 Å². The third-order valence-corrected chi connectivity index (χ3v) is 2.32. The van der Waals surface area contributed by atoms with Gasteiger partial charge in [0.05, 0.1) is 6.07 Å². The molecule has 0 spiro atoms. The Morgan fingerprint density at radius 2 is 2.27 bits per heavy atom. The Morgan fingerprint density at radius 3 is 2.80 bits per heavy atom. The zero-order chi connectivity index (χ0) is 11.3. The van der Waals surface area contributed by atoms with Crippen LogP contribution in [0.25, 0.3) is 0 Å². The van der Waals surface area contributed by atoms with Gasteiger partial charge in [0.25, 0.3) is 0 Å². The minimum absolute atomic E-state index is 0.337. The van der Waals surface area contributed by atoms with E-state index in [1.807, 2.05) is 38.1 Å². The van der Waals surface area contributed by atoms with Crippen LogP contribution in [-0.4, -0.2) is 19.2 Å². The molecule has 0 aliphatic rings. The van der Waals surface area contributed by atoms with Crippen molar-refractivity contribution in [1.82, 2.24) is 5.32 Å². The molecular formula is C12H16N2O. The van der Waals surface area contributed by atoms with Crippen molar-refractivity contribution in [2.45, 2.75) is 19.4 Å². The molecule has 0 saturated heterocycles. The van der Waals surface area contributed by atoms with Crippen LogP contribution in [0.5, 0.6) is 5.75 Å². The van der Waals surface area contributed by atoms with Gasteiger partial charge in [-0.1, -0.05) is 12.1 Å². The summed E-state index contributed by atoms with van der Waals surface area (Å²) in [6.45, 7) is 4.15. The molecule has 0 bridgehead atoms. The second-order valence-electron chi connectivity index (χ2n) is 3.80. The topological polar surface area (TPSA) is 45.0 Å². The zero-order valence-electron chi connectivity index (χ0n) is 9.37. The van der Waals surface area contributed by atoms with Crippen LogP contribution in [0.1, 0.15) is 12.5 Å². The number of ether oxygens (including phenoxy) is 1. The van der Waals surface area contributed by atoms with Gasteiger partial charge in [-0.2, -0.15) is 5.26 Å². The van der Waals surface area contributed by atoms with Crippen molar-refractivity contribution in [2.75, 3.05) is 13.7 Å². The first-order chi connectivity index (χ1) is 7.09. The summed E-state index contributed by atoms with van der Waals surface area (Å²) in [5.74, 6) is 0.798. The molecule has 1 N–H and O–H groups in total. The quantitative estimate of drug-likeness (QED) is 0.814. The molecule has 15 heavy (non-hydrogen) atoms. The highest BCUT2D eigenvalue weighted by atomic mass is 16.5. The largest absolute Gasteiger partial charge is 0.491 e. The van der Waals surface area contributed by atoms with E-state index in [2.05, 4.69) is 11.4 Å². The minimum atomic E-state index is -0.635. The fourth-order valence-corrected chi connectivity index (χ4v) is 1.09. The molecule has 1 unspecified atom stereocenters. The predicted octanol–water partition coefficient (Wildman–Crippen LogP) is 1.88. The van der Waals surface area contributed by atoms with E-state index in [4.69, 9.17) is 10.00 Å². The molecule has 1 rings (SSSR count). The van der Waals surface area contributed by atoms with Gasteiger partial charge in [0.2, 0.25) is 0 Å². The smallest absolute Gasteiger partial charge is 0.137 e. The van der Waals surface area contributed by atoms with E-state index in [0.29, 0.717) is 6.61 Å². The lowest BCUT2D eigenvalue weighted by atomic mass is 10.1. The van der Waals surface area contributed by atoms with E-state index in [-0.39, 0.29) is 0 Å². The molecule has 0 fully saturated rings. The number of aryl methyl sites for hydroxylation is 1. The normalized spacial score (nSPS) is 14.0. The molecule has 1 atom stereocenters. The fourth-order valence-electron chi connectivity index (χ4n) is 1.09. The summed E-state index contributed by atoms with van der Waals surface area (Å²) in [5.41, 5.74) is 0.514. The number of nitriles is 1. The summed E-state index contributed by atoms with van der Waals surface area (Å²) >= 11 is 0. The average molecular weight is 204 g/mol. The van der Waals surface area contributed by atoms with Gasteiger partial charge in [0.15, 0.2) is 0 Å². The Bertz CT molecular complexity index is 370. The lowest BCUT2D eigenvalue weighted by Crippen LogP contribution is -2.43. The molecule has 0 saturated carbocycles. The van der Waals surface area contributed by atoms with Crippen LogP contribution in [0, 0.1) is 18.3 Å². The van der Waals surface area contributed by atoms with Crippen molar-refractivity contribution in [3.8, 4) is 11.8 Å². The van der Waals surface area contributed by atoms with Crippen molar-refractivity contribution in [2.24, 2.45) is 0 Å². The summed E-state index contributed by atoms with van der Waals surface area (Å²) in [6, 6.07) is 9.96. The number of nitrogens with zero attached hydrogens (tertiary/aromatic N) is 1. The van der Waals surface area contributed by atoms with E-state index in [1.54, 1.807) is 7.05 Å². The Labute approximate surface area is 90.7 Å². The van der Waals surface area contributed by atoms with E-state index in [0.717, 1.165) is 11.3 Å². The van der Waals surface area contributed by atoms with Gasteiger partial charge in [0, 0.05) is 0 Å². The zero-order valence-corrected chi connectivity index (χ0v) is 9.37. The highest BCUT2D eigenvalue weighted by Gasteiger charge is 2.21. The van der Waals surface area contributed by atoms with Crippen molar-refractivity contribution in [3.05, 3.63) is 29.8 Å². The summed E-state index contributed by atoms with van der Waals surface area (Å²) in [7, 11) is 1.75. The van der Waals surface area contributed by atoms with Gasteiger partial charge in [-0.25, -0.2) is 0 Å². The van der Waals surface area contributed by atoms with Crippen molar-refractivity contribution in [3.63, 3.8) is 0 Å². The first kappa shape index (κ1) is 11.5. The second-order valence-corrected chi connectivity index (χ2v) is 3.80. The average Bonchev–Trinajstić information content (AvgIpc) is 2.26. The Hall–Kier alpha value is -1.53. The molecular weight excluding hydrogens is 188 g/mol. The van der Waals surface area contributed by atoms with Gasteiger partial charge in [-0.05, 0) is 38.6 Å². The molecule has 80 valence electrons. The maximum Gasteiger partial charge on any atom is 0.137 e. The first-order valence-electron chi connectivity index (χ1n) is 4.89. The maximum absolute atomic E-state index is 8.93. The van der Waals surface area contributed by atoms with Gasteiger partial charge < -0.3 is 4.74 Å². The molecule has 0 amide bonds. The molecule has 0 radical (unpaired) electrons. The molecule has 3 nitrogen and oxygen atoms in total. The van der Waals surface area contributed by atoms with Crippen LogP contribution in [-0.2, 0) is 0 Å². The maximum atomic E-state index is 8.93. The van der Waals surface area contributed by atoms with Crippen LogP contribution >= 0.6 is 0 Å². The highest BCUT2D eigenvalue weighted by molar-refractivity contribution is 5.27. The standard InChI is InChI=1S/C12H16N2O/c1-10-5-4-6-11(7-10)15-9-12(2,8-13)14-3/h4-7,14H,9H2,1-3H3. The van der Waals surface area contributed by atoms with Crippen LogP contribution in [0.2, 0.25) is 0 Å². The summed E-state index contributed by atoms with van der Waals surface area (Å²) in [6.07, 6.45) is 0. The molecule has 0 aliphatic heterocycles. The number of nitrogens with one attached hydrogen (secondary N) is 1. The fraction of sp³-hybridized carbons (Fsp3) is 0.417. The third-order valence-electron chi connectivity index (χ3n) is 2.32. The molecule has 1 aromatic rings. The van der Waals surface area contributed by atoms with E-state index < -0.39 is 5.54 Å². The van der Waals surface area contributed by atoms with Crippen LogP contribution in [0.4, 0.5) is 0 Å². The lowest BCUT2D eigenvalue weighted by Gasteiger charge is -2.20. The monoisotopic (exact) mass is 204 g/mol. The van der Waals surface area contributed by atoms with Crippen LogP contribution < -0.4 is 10.1 Å². The van der Waals surface area contributed by atoms with Gasteiger partial charge in [-0.3, -0.25) is 5.32 Å². The number of rotatable bonds is 4. The molecule has 3 heteroatoms. The molecule has 0 heterocycles. The number of likely N-dealkylation sites (N-methyl/N-ethyl adjacent to an activating group) is 1. The van der Waals surface area contributed by atoms with Crippen molar-refractivity contribution < 1.29 is 4.74 Å². The Morgan fingerprint density at radius 1 is 1.53 bits per heavy atom. The highest BCUT2D eigenvalue weighted by Crippen LogP contribution is 2.14. The van der Waals surface area contributed by atoms with Gasteiger partial charge in [0.1, 0.15) is 17.9 Å². The summed E-state index contributed by atoms with van der Waals surface area (Å²) in [5, 5.41) is 11.9. The van der Waals surface area contributed by atoms with Crippen LogP contribution in [0.15, 0.2) is 24.3 Å². The van der Waals surface area contributed by atoms with Crippen molar-refractivity contribution in [1.29, 1.82) is 5.26 Å². The lowest BCUT2D eigenvalue weighted by molar-refractivity contribution is 0.242. The Balaban J connectivity index is 2.61. The molecule has 0 aromatic heterocycles. The number of hydrogen-bond donors (Lipinski definition) is 1. The third kappa shape index (κ3) is 3.26. The van der Waals surface area contributed by atoms with E-state index in [9.17, 15) is 0 Å². The minimum Gasteiger partial charge on any atom is -0.491 e. The van der Waals surface area contributed by atoms with E-state index >= 15 is 0 Å².